The van der Waals surface area contributed by atoms with Crippen LogP contribution in [0.25, 0.3) is 0 Å². The number of benzene rings is 1. The summed E-state index contributed by atoms with van der Waals surface area (Å²) in [4.78, 5) is 40.3. The third-order valence-electron chi connectivity index (χ3n) is 6.23. The van der Waals surface area contributed by atoms with E-state index in [9.17, 15) is 14.4 Å². The molecule has 1 aliphatic carbocycles. The maximum atomic E-state index is 12.9. The summed E-state index contributed by atoms with van der Waals surface area (Å²) in [6.45, 7) is 3.28. The Bertz CT molecular complexity index is 999. The van der Waals surface area contributed by atoms with Crippen molar-refractivity contribution in [1.82, 2.24) is 10.2 Å². The number of rotatable bonds is 6. The van der Waals surface area contributed by atoms with Crippen LogP contribution in [-0.2, 0) is 17.6 Å². The first-order chi connectivity index (χ1) is 15.4. The largest absolute Gasteiger partial charge is 0.365 e. The zero-order valence-electron chi connectivity index (χ0n) is 18.1. The Hall–Kier alpha value is -2.91. The van der Waals surface area contributed by atoms with E-state index in [-0.39, 0.29) is 24.0 Å². The minimum absolute atomic E-state index is 0.0620. The Morgan fingerprint density at radius 2 is 1.81 bits per heavy atom. The number of anilines is 2. The molecule has 4 amide bonds. The van der Waals surface area contributed by atoms with Crippen molar-refractivity contribution in [3.63, 3.8) is 0 Å². The summed E-state index contributed by atoms with van der Waals surface area (Å²) in [5.74, 6) is -0.617. The number of hydrogen-bond donors (Lipinski definition) is 4. The lowest BCUT2D eigenvalue weighted by Crippen LogP contribution is -2.51. The first-order valence-corrected chi connectivity index (χ1v) is 11.9. The van der Waals surface area contributed by atoms with Gasteiger partial charge in [0.15, 0.2) is 0 Å². The van der Waals surface area contributed by atoms with E-state index in [1.165, 1.54) is 11.3 Å². The highest BCUT2D eigenvalue weighted by atomic mass is 32.1. The number of nitrogens with one attached hydrogen (secondary N) is 3. The van der Waals surface area contributed by atoms with Crippen molar-refractivity contribution in [2.24, 2.45) is 5.73 Å². The normalized spacial score (nSPS) is 17.4. The van der Waals surface area contributed by atoms with Crippen molar-refractivity contribution >= 4 is 39.9 Å². The number of aryl methyl sites for hydroxylation is 1. The molecule has 5 N–H and O–H groups in total. The smallest absolute Gasteiger partial charge is 0.319 e. The molecule has 1 saturated heterocycles. The van der Waals surface area contributed by atoms with Crippen LogP contribution in [0.15, 0.2) is 30.3 Å². The fourth-order valence-corrected chi connectivity index (χ4v) is 5.74. The number of thiophene rings is 1. The summed E-state index contributed by atoms with van der Waals surface area (Å²) in [7, 11) is 0. The maximum absolute atomic E-state index is 12.9. The van der Waals surface area contributed by atoms with Crippen LogP contribution < -0.4 is 21.7 Å². The van der Waals surface area contributed by atoms with Crippen molar-refractivity contribution < 1.29 is 14.4 Å². The summed E-state index contributed by atoms with van der Waals surface area (Å²) in [6.07, 6.45) is 4.33. The summed E-state index contributed by atoms with van der Waals surface area (Å²) < 4.78 is 0. The van der Waals surface area contributed by atoms with Gasteiger partial charge in [-0.3, -0.25) is 14.5 Å². The van der Waals surface area contributed by atoms with Gasteiger partial charge in [-0.1, -0.05) is 18.2 Å². The molecule has 9 heteroatoms. The van der Waals surface area contributed by atoms with Crippen LogP contribution in [-0.4, -0.2) is 47.9 Å². The number of fused-ring (bicyclic) bond motifs is 1. The monoisotopic (exact) mass is 455 g/mol. The molecule has 32 heavy (non-hydrogen) atoms. The third-order valence-corrected chi connectivity index (χ3v) is 7.44. The minimum Gasteiger partial charge on any atom is -0.365 e. The van der Waals surface area contributed by atoms with Crippen LogP contribution in [0.2, 0.25) is 0 Å². The van der Waals surface area contributed by atoms with Gasteiger partial charge >= 0.3 is 6.03 Å². The highest BCUT2D eigenvalue weighted by molar-refractivity contribution is 7.17. The third kappa shape index (κ3) is 4.94. The first kappa shape index (κ1) is 22.3. The topological polar surface area (TPSA) is 117 Å². The highest BCUT2D eigenvalue weighted by Gasteiger charge is 2.30. The number of primary amides is 1. The second-order valence-corrected chi connectivity index (χ2v) is 9.47. The molecular formula is C23H29N5O3S. The molecule has 1 aliphatic heterocycles. The van der Waals surface area contributed by atoms with Gasteiger partial charge in [-0.2, -0.15) is 0 Å². The van der Waals surface area contributed by atoms with E-state index in [2.05, 4.69) is 20.9 Å². The molecular weight excluding hydrogens is 426 g/mol. The number of carbonyl (C=O) groups is 3. The van der Waals surface area contributed by atoms with Crippen molar-refractivity contribution in [1.29, 1.82) is 0 Å². The SMILES string of the molecule is CC(C(=O)Nc1sc2c(c1C(N)=O)CCC2)N1CCC(NC(=O)Nc2ccccc2)CC1. The van der Waals surface area contributed by atoms with Crippen LogP contribution in [0.1, 0.15) is 47.0 Å². The lowest BCUT2D eigenvalue weighted by atomic mass is 10.0. The molecule has 1 aromatic heterocycles. The predicted octanol–water partition coefficient (Wildman–Crippen LogP) is 2.95. The quantitative estimate of drug-likeness (QED) is 0.536. The fourth-order valence-electron chi connectivity index (χ4n) is 4.44. The number of nitrogens with two attached hydrogens (primary N) is 1. The zero-order chi connectivity index (χ0) is 22.7. The van der Waals surface area contributed by atoms with E-state index < -0.39 is 5.91 Å². The molecule has 170 valence electrons. The average Bonchev–Trinajstić information content (AvgIpc) is 3.35. The first-order valence-electron chi connectivity index (χ1n) is 11.0. The molecule has 0 spiro atoms. The molecule has 2 aromatic rings. The Labute approximate surface area is 191 Å². The lowest BCUT2D eigenvalue weighted by Gasteiger charge is -2.35. The molecule has 2 heterocycles. The Morgan fingerprint density at radius 3 is 2.50 bits per heavy atom. The lowest BCUT2D eigenvalue weighted by molar-refractivity contribution is -0.121. The minimum atomic E-state index is -0.479. The van der Waals surface area contributed by atoms with E-state index in [1.54, 1.807) is 0 Å². The van der Waals surface area contributed by atoms with Gasteiger partial charge < -0.3 is 21.7 Å². The van der Waals surface area contributed by atoms with Crippen LogP contribution in [0.5, 0.6) is 0 Å². The maximum Gasteiger partial charge on any atom is 0.319 e. The van der Waals surface area contributed by atoms with Crippen LogP contribution in [0, 0.1) is 0 Å². The molecule has 1 fully saturated rings. The van der Waals surface area contributed by atoms with E-state index in [4.69, 9.17) is 5.73 Å². The van der Waals surface area contributed by atoms with Crippen LogP contribution in [0.4, 0.5) is 15.5 Å². The van der Waals surface area contributed by atoms with E-state index in [0.29, 0.717) is 23.7 Å². The number of amides is 4. The van der Waals surface area contributed by atoms with Crippen LogP contribution in [0.3, 0.4) is 0 Å². The van der Waals surface area contributed by atoms with Gasteiger partial charge in [0.25, 0.3) is 5.91 Å². The molecule has 1 atom stereocenters. The number of hydrogen-bond acceptors (Lipinski definition) is 5. The molecule has 0 radical (unpaired) electrons. The Kier molecular flexibility index (Phi) is 6.76. The molecule has 8 nitrogen and oxygen atoms in total. The second-order valence-electron chi connectivity index (χ2n) is 8.37. The van der Waals surface area contributed by atoms with E-state index in [1.807, 2.05) is 37.3 Å². The standard InChI is InChI=1S/C23H29N5O3S/c1-14(21(30)27-22-19(20(24)29)17-8-5-9-18(17)32-22)28-12-10-16(11-13-28)26-23(31)25-15-6-3-2-4-7-15/h2-4,6-7,14,16H,5,8-13H2,1H3,(H2,24,29)(H,27,30)(H2,25,26,31). The number of likely N-dealkylation sites (tertiary alicyclic amines) is 1. The van der Waals surface area contributed by atoms with Crippen molar-refractivity contribution in [2.45, 2.75) is 51.1 Å². The van der Waals surface area contributed by atoms with Gasteiger partial charge in [-0.05, 0) is 56.7 Å². The van der Waals surface area contributed by atoms with Crippen molar-refractivity contribution in [3.8, 4) is 0 Å². The molecule has 4 rings (SSSR count). The van der Waals surface area contributed by atoms with Gasteiger partial charge in [0.1, 0.15) is 5.00 Å². The van der Waals surface area contributed by atoms with Gasteiger partial charge in [0.05, 0.1) is 11.6 Å². The molecule has 0 saturated carbocycles. The molecule has 1 aromatic carbocycles. The van der Waals surface area contributed by atoms with Gasteiger partial charge in [-0.25, -0.2) is 4.79 Å². The molecule has 1 unspecified atom stereocenters. The number of nitrogens with zero attached hydrogens (tertiary/aromatic N) is 1. The van der Waals surface area contributed by atoms with Crippen molar-refractivity contribution in [2.75, 3.05) is 23.7 Å². The number of para-hydroxylation sites is 1. The molecule has 2 aliphatic rings. The predicted molar refractivity (Wildman–Crippen MR) is 126 cm³/mol. The average molecular weight is 456 g/mol. The Morgan fingerprint density at radius 1 is 1.09 bits per heavy atom. The van der Waals surface area contributed by atoms with Crippen molar-refractivity contribution in [3.05, 3.63) is 46.3 Å². The summed E-state index contributed by atoms with van der Waals surface area (Å²) in [6, 6.07) is 8.83. The summed E-state index contributed by atoms with van der Waals surface area (Å²) in [5.41, 5.74) is 7.84. The fraction of sp³-hybridized carbons (Fsp3) is 0.435. The van der Waals surface area contributed by atoms with Gasteiger partial charge in [-0.15, -0.1) is 11.3 Å². The second kappa shape index (κ2) is 9.70. The molecule has 0 bridgehead atoms. The number of urea groups is 1. The summed E-state index contributed by atoms with van der Waals surface area (Å²) >= 11 is 1.47. The zero-order valence-corrected chi connectivity index (χ0v) is 19.0. The van der Waals surface area contributed by atoms with Crippen LogP contribution >= 0.6 is 11.3 Å². The number of carbonyl (C=O) groups excluding carboxylic acids is 3. The number of piperidine rings is 1. The van der Waals surface area contributed by atoms with Gasteiger partial charge in [0, 0.05) is 29.7 Å². The highest BCUT2D eigenvalue weighted by Crippen LogP contribution is 2.39. The summed E-state index contributed by atoms with van der Waals surface area (Å²) in [5, 5.41) is 9.37. The van der Waals surface area contributed by atoms with E-state index >= 15 is 0 Å². The van der Waals surface area contributed by atoms with Gasteiger partial charge in [0.2, 0.25) is 5.91 Å². The van der Waals surface area contributed by atoms with E-state index in [0.717, 1.165) is 48.2 Å². The Balaban J connectivity index is 1.28.